The van der Waals surface area contributed by atoms with Crippen molar-refractivity contribution in [1.82, 2.24) is 15.3 Å². The van der Waals surface area contributed by atoms with Crippen LogP contribution in [-0.4, -0.2) is 22.6 Å². The van der Waals surface area contributed by atoms with Crippen LogP contribution < -0.4 is 10.1 Å². The first-order valence-electron chi connectivity index (χ1n) is 6.96. The first-order valence-corrected chi connectivity index (χ1v) is 6.96. The lowest BCUT2D eigenvalue weighted by atomic mass is 9.89. The Morgan fingerprint density at radius 3 is 2.78 bits per heavy atom. The Balaban J connectivity index is 1.88. The Bertz CT molecular complexity index is 362. The molecule has 1 aliphatic carbocycles. The second kappa shape index (κ2) is 6.69. The highest BCUT2D eigenvalue weighted by Gasteiger charge is 2.19. The molecule has 0 spiro atoms. The lowest BCUT2D eigenvalue weighted by molar-refractivity contribution is 0.129. The van der Waals surface area contributed by atoms with Crippen molar-refractivity contribution in [3.63, 3.8) is 0 Å². The molecule has 1 aromatic heterocycles. The third-order valence-electron chi connectivity index (χ3n) is 3.47. The molecule has 0 aromatic carbocycles. The third-order valence-corrected chi connectivity index (χ3v) is 3.47. The van der Waals surface area contributed by atoms with Gasteiger partial charge in [0.2, 0.25) is 5.88 Å². The van der Waals surface area contributed by atoms with Crippen LogP contribution in [0, 0.1) is 5.92 Å². The van der Waals surface area contributed by atoms with Crippen molar-refractivity contribution in [2.75, 3.05) is 6.54 Å². The normalized spacial score (nSPS) is 23.9. The summed E-state index contributed by atoms with van der Waals surface area (Å²) in [5.41, 5.74) is 0.943. The van der Waals surface area contributed by atoms with Crippen LogP contribution in [0.1, 0.15) is 45.2 Å². The quantitative estimate of drug-likeness (QED) is 0.871. The second-order valence-corrected chi connectivity index (χ2v) is 5.13. The number of hydrogen-bond acceptors (Lipinski definition) is 4. The Morgan fingerprint density at radius 1 is 1.28 bits per heavy atom. The van der Waals surface area contributed by atoms with Crippen molar-refractivity contribution >= 4 is 0 Å². The largest absolute Gasteiger partial charge is 0.473 e. The van der Waals surface area contributed by atoms with Crippen LogP contribution in [0.25, 0.3) is 0 Å². The fraction of sp³-hybridized carbons (Fsp3) is 0.714. The van der Waals surface area contributed by atoms with E-state index in [1.165, 1.54) is 12.8 Å². The monoisotopic (exact) mass is 249 g/mol. The minimum Gasteiger partial charge on any atom is -0.473 e. The summed E-state index contributed by atoms with van der Waals surface area (Å²) in [7, 11) is 0. The summed E-state index contributed by atoms with van der Waals surface area (Å²) < 4.78 is 5.92. The molecule has 1 aromatic rings. The van der Waals surface area contributed by atoms with Gasteiger partial charge in [0.05, 0.1) is 11.9 Å². The predicted octanol–water partition coefficient (Wildman–Crippen LogP) is 2.54. The summed E-state index contributed by atoms with van der Waals surface area (Å²) in [6.07, 6.45) is 8.63. The maximum atomic E-state index is 5.92. The van der Waals surface area contributed by atoms with Crippen molar-refractivity contribution in [3.05, 3.63) is 18.1 Å². The summed E-state index contributed by atoms with van der Waals surface area (Å²) in [6, 6.07) is 0. The summed E-state index contributed by atoms with van der Waals surface area (Å²) in [5.74, 6) is 1.51. The molecule has 0 unspecified atom stereocenters. The third kappa shape index (κ3) is 3.95. The highest BCUT2D eigenvalue weighted by molar-refractivity contribution is 5.08. The number of nitrogens with zero attached hydrogens (tertiary/aromatic N) is 2. The average molecular weight is 249 g/mol. The van der Waals surface area contributed by atoms with Gasteiger partial charge in [-0.15, -0.1) is 0 Å². The zero-order chi connectivity index (χ0) is 12.8. The summed E-state index contributed by atoms with van der Waals surface area (Å²) >= 11 is 0. The summed E-state index contributed by atoms with van der Waals surface area (Å²) in [6.45, 7) is 6.08. The molecule has 4 heteroatoms. The van der Waals surface area contributed by atoms with Gasteiger partial charge in [-0.05, 0) is 38.1 Å². The summed E-state index contributed by atoms with van der Waals surface area (Å²) in [4.78, 5) is 8.67. The van der Waals surface area contributed by atoms with Crippen molar-refractivity contribution in [2.24, 2.45) is 5.92 Å². The van der Waals surface area contributed by atoms with E-state index in [-0.39, 0.29) is 0 Å². The molecular weight excluding hydrogens is 226 g/mol. The molecule has 1 heterocycles. The van der Waals surface area contributed by atoms with Crippen LogP contribution in [0.3, 0.4) is 0 Å². The van der Waals surface area contributed by atoms with Gasteiger partial charge in [-0.2, -0.15) is 0 Å². The molecule has 1 fully saturated rings. The molecule has 0 radical (unpaired) electrons. The molecule has 0 saturated heterocycles. The van der Waals surface area contributed by atoms with E-state index in [1.54, 1.807) is 12.4 Å². The highest BCUT2D eigenvalue weighted by Crippen LogP contribution is 2.26. The van der Waals surface area contributed by atoms with Crippen molar-refractivity contribution in [2.45, 2.75) is 52.2 Å². The Hall–Kier alpha value is -1.16. The molecular formula is C14H23N3O. The zero-order valence-electron chi connectivity index (χ0n) is 11.4. The van der Waals surface area contributed by atoms with E-state index in [4.69, 9.17) is 4.74 Å². The topological polar surface area (TPSA) is 47.0 Å². The predicted molar refractivity (Wildman–Crippen MR) is 71.5 cm³/mol. The van der Waals surface area contributed by atoms with Crippen molar-refractivity contribution in [3.8, 4) is 5.88 Å². The molecule has 0 amide bonds. The molecule has 0 aliphatic heterocycles. The van der Waals surface area contributed by atoms with E-state index in [2.05, 4.69) is 29.1 Å². The number of rotatable bonds is 5. The SMILES string of the molecule is CCNCc1cncc(OC2CCC(C)CC2)n1. The lowest BCUT2D eigenvalue weighted by Gasteiger charge is -2.26. The number of hydrogen-bond donors (Lipinski definition) is 1. The molecule has 0 bridgehead atoms. The first kappa shape index (κ1) is 13.3. The number of aromatic nitrogens is 2. The molecule has 1 saturated carbocycles. The minimum absolute atomic E-state index is 0.324. The van der Waals surface area contributed by atoms with Gasteiger partial charge in [-0.3, -0.25) is 4.98 Å². The standard InChI is InChI=1S/C14H23N3O/c1-3-15-8-12-9-16-10-14(17-12)18-13-6-4-11(2)5-7-13/h9-11,13,15H,3-8H2,1-2H3. The maximum absolute atomic E-state index is 5.92. The average Bonchev–Trinajstić information content (AvgIpc) is 2.40. The molecule has 18 heavy (non-hydrogen) atoms. The molecule has 1 N–H and O–H groups in total. The zero-order valence-corrected chi connectivity index (χ0v) is 11.4. The molecule has 4 nitrogen and oxygen atoms in total. The lowest BCUT2D eigenvalue weighted by Crippen LogP contribution is -2.23. The van der Waals surface area contributed by atoms with Gasteiger partial charge < -0.3 is 10.1 Å². The van der Waals surface area contributed by atoms with Crippen molar-refractivity contribution < 1.29 is 4.74 Å². The molecule has 1 aliphatic rings. The van der Waals surface area contributed by atoms with Gasteiger partial charge in [-0.1, -0.05) is 13.8 Å². The minimum atomic E-state index is 0.324. The van der Waals surface area contributed by atoms with Gasteiger partial charge in [0, 0.05) is 12.7 Å². The van der Waals surface area contributed by atoms with E-state index >= 15 is 0 Å². The maximum Gasteiger partial charge on any atom is 0.232 e. The molecule has 2 rings (SSSR count). The fourth-order valence-electron chi connectivity index (χ4n) is 2.30. The second-order valence-electron chi connectivity index (χ2n) is 5.13. The molecule has 100 valence electrons. The van der Waals surface area contributed by atoms with Crippen LogP contribution in [0.4, 0.5) is 0 Å². The van der Waals surface area contributed by atoms with Crippen LogP contribution >= 0.6 is 0 Å². The summed E-state index contributed by atoms with van der Waals surface area (Å²) in [5, 5.41) is 3.24. The van der Waals surface area contributed by atoms with Gasteiger partial charge in [0.25, 0.3) is 0 Å². The van der Waals surface area contributed by atoms with Gasteiger partial charge >= 0.3 is 0 Å². The van der Waals surface area contributed by atoms with Gasteiger partial charge in [0.15, 0.2) is 0 Å². The van der Waals surface area contributed by atoms with Crippen LogP contribution in [-0.2, 0) is 6.54 Å². The van der Waals surface area contributed by atoms with E-state index in [0.29, 0.717) is 12.0 Å². The van der Waals surface area contributed by atoms with Gasteiger partial charge in [0.1, 0.15) is 6.10 Å². The Labute approximate surface area is 109 Å². The van der Waals surface area contributed by atoms with E-state index in [1.807, 2.05) is 0 Å². The van der Waals surface area contributed by atoms with Gasteiger partial charge in [-0.25, -0.2) is 4.98 Å². The fourth-order valence-corrected chi connectivity index (χ4v) is 2.30. The van der Waals surface area contributed by atoms with Crippen LogP contribution in [0.5, 0.6) is 5.88 Å². The Kier molecular flexibility index (Phi) is 4.93. The molecule has 0 atom stereocenters. The van der Waals surface area contributed by atoms with Crippen LogP contribution in [0.2, 0.25) is 0 Å². The number of nitrogens with one attached hydrogen (secondary N) is 1. The Morgan fingerprint density at radius 2 is 2.06 bits per heavy atom. The van der Waals surface area contributed by atoms with E-state index < -0.39 is 0 Å². The van der Waals surface area contributed by atoms with Crippen molar-refractivity contribution in [1.29, 1.82) is 0 Å². The van der Waals surface area contributed by atoms with E-state index in [0.717, 1.165) is 37.5 Å². The highest BCUT2D eigenvalue weighted by atomic mass is 16.5. The van der Waals surface area contributed by atoms with E-state index in [9.17, 15) is 0 Å². The van der Waals surface area contributed by atoms with Crippen LogP contribution in [0.15, 0.2) is 12.4 Å². The first-order chi connectivity index (χ1) is 8.78. The number of ether oxygens (including phenoxy) is 1. The smallest absolute Gasteiger partial charge is 0.232 e.